The Kier molecular flexibility index (Phi) is 4.72. The highest BCUT2D eigenvalue weighted by atomic mass is 32.1. The van der Waals surface area contributed by atoms with E-state index in [9.17, 15) is 18.0 Å². The van der Waals surface area contributed by atoms with Crippen molar-refractivity contribution in [2.45, 2.75) is 25.7 Å². The van der Waals surface area contributed by atoms with Crippen molar-refractivity contribution in [1.29, 1.82) is 0 Å². The molecule has 0 fully saturated rings. The summed E-state index contributed by atoms with van der Waals surface area (Å²) >= 11 is 1.54. The normalized spacial score (nSPS) is 14.8. The fourth-order valence-electron chi connectivity index (χ4n) is 3.30. The molecule has 0 bridgehead atoms. The zero-order valence-electron chi connectivity index (χ0n) is 14.7. The highest BCUT2D eigenvalue weighted by molar-refractivity contribution is 7.15. The molecule has 0 unspecified atom stereocenters. The number of nitrogens with two attached hydrogens (primary N) is 1. The Morgan fingerprint density at radius 3 is 2.64 bits per heavy atom. The lowest BCUT2D eigenvalue weighted by atomic mass is 10.1. The van der Waals surface area contributed by atoms with E-state index in [2.05, 4.69) is 14.9 Å². The Morgan fingerprint density at radius 1 is 1.18 bits per heavy atom. The van der Waals surface area contributed by atoms with Gasteiger partial charge in [0.2, 0.25) is 5.95 Å². The van der Waals surface area contributed by atoms with Gasteiger partial charge in [-0.05, 0) is 29.8 Å². The van der Waals surface area contributed by atoms with Crippen LogP contribution in [0.4, 0.5) is 19.1 Å². The molecule has 2 aromatic heterocycles. The van der Waals surface area contributed by atoms with E-state index < -0.39 is 11.7 Å². The van der Waals surface area contributed by atoms with Gasteiger partial charge in [-0.25, -0.2) is 4.98 Å². The molecule has 1 aromatic carbocycles. The molecule has 28 heavy (non-hydrogen) atoms. The molecule has 3 heterocycles. The third kappa shape index (κ3) is 3.81. The molecule has 0 saturated heterocycles. The first kappa shape index (κ1) is 18.7. The third-order valence-electron chi connectivity index (χ3n) is 4.70. The summed E-state index contributed by atoms with van der Waals surface area (Å²) in [6, 6.07) is 9.06. The lowest BCUT2D eigenvalue weighted by molar-refractivity contribution is -0.137. The van der Waals surface area contributed by atoms with E-state index in [4.69, 9.17) is 5.73 Å². The van der Waals surface area contributed by atoms with E-state index in [-0.39, 0.29) is 11.5 Å². The number of hydrogen-bond donors (Lipinski definition) is 2. The van der Waals surface area contributed by atoms with Gasteiger partial charge in [0.1, 0.15) is 0 Å². The van der Waals surface area contributed by atoms with Gasteiger partial charge in [-0.1, -0.05) is 12.1 Å². The van der Waals surface area contributed by atoms with Crippen molar-refractivity contribution in [1.82, 2.24) is 14.9 Å². The summed E-state index contributed by atoms with van der Waals surface area (Å²) in [5.41, 5.74) is 6.87. The van der Waals surface area contributed by atoms with Crippen LogP contribution in [-0.4, -0.2) is 21.4 Å². The molecule has 0 saturated carbocycles. The van der Waals surface area contributed by atoms with Gasteiger partial charge >= 0.3 is 6.18 Å². The summed E-state index contributed by atoms with van der Waals surface area (Å²) in [4.78, 5) is 23.0. The summed E-state index contributed by atoms with van der Waals surface area (Å²) in [6.07, 6.45) is -3.68. The molecule has 0 spiro atoms. The molecular weight excluding hydrogens is 389 g/mol. The summed E-state index contributed by atoms with van der Waals surface area (Å²) in [7, 11) is 0. The van der Waals surface area contributed by atoms with Crippen LogP contribution in [0, 0.1) is 0 Å². The molecule has 0 radical (unpaired) electrons. The molecule has 146 valence electrons. The minimum atomic E-state index is -4.33. The maximum atomic E-state index is 12.7. The Balaban J connectivity index is 1.47. The van der Waals surface area contributed by atoms with Gasteiger partial charge in [0, 0.05) is 35.8 Å². The van der Waals surface area contributed by atoms with Gasteiger partial charge in [-0.15, -0.1) is 11.3 Å². The highest BCUT2D eigenvalue weighted by Crippen LogP contribution is 2.33. The summed E-state index contributed by atoms with van der Waals surface area (Å²) in [5, 5.41) is 0. The van der Waals surface area contributed by atoms with Crippen molar-refractivity contribution in [3.63, 3.8) is 0 Å². The van der Waals surface area contributed by atoms with Crippen LogP contribution >= 0.6 is 11.3 Å². The summed E-state index contributed by atoms with van der Waals surface area (Å²) < 4.78 is 38.1. The molecule has 3 aromatic rings. The van der Waals surface area contributed by atoms with Crippen molar-refractivity contribution in [2.75, 3.05) is 12.3 Å². The average Bonchev–Trinajstić information content (AvgIpc) is 3.10. The Hall–Kier alpha value is -2.65. The van der Waals surface area contributed by atoms with Crippen molar-refractivity contribution < 1.29 is 13.2 Å². The van der Waals surface area contributed by atoms with Gasteiger partial charge in [0.25, 0.3) is 5.56 Å². The van der Waals surface area contributed by atoms with E-state index in [1.54, 1.807) is 0 Å². The maximum absolute atomic E-state index is 12.7. The van der Waals surface area contributed by atoms with Gasteiger partial charge in [0.05, 0.1) is 16.8 Å². The number of benzene rings is 1. The zero-order valence-corrected chi connectivity index (χ0v) is 15.5. The van der Waals surface area contributed by atoms with Crippen LogP contribution in [-0.2, 0) is 25.7 Å². The number of halogens is 3. The van der Waals surface area contributed by atoms with Crippen LogP contribution in [0.2, 0.25) is 0 Å². The molecular formula is C19H17F3N4OS. The Morgan fingerprint density at radius 2 is 1.93 bits per heavy atom. The minimum Gasteiger partial charge on any atom is -0.369 e. The first-order valence-corrected chi connectivity index (χ1v) is 9.47. The number of rotatable bonds is 3. The largest absolute Gasteiger partial charge is 0.416 e. The number of nitrogens with one attached hydrogen (secondary N) is 1. The number of nitrogen functional groups attached to an aromatic ring is 1. The van der Waals surface area contributed by atoms with Crippen LogP contribution in [0.15, 0.2) is 41.2 Å². The molecule has 9 heteroatoms. The predicted octanol–water partition coefficient (Wildman–Crippen LogP) is 3.66. The number of aromatic nitrogens is 2. The van der Waals surface area contributed by atoms with E-state index >= 15 is 0 Å². The first-order chi connectivity index (χ1) is 13.3. The van der Waals surface area contributed by atoms with Crippen molar-refractivity contribution in [2.24, 2.45) is 0 Å². The molecule has 4 rings (SSSR count). The van der Waals surface area contributed by atoms with Gasteiger partial charge in [-0.3, -0.25) is 14.7 Å². The van der Waals surface area contributed by atoms with E-state index in [0.29, 0.717) is 25.1 Å². The standard InChI is InChI=1S/C19H17F3N4OS/c20-19(21,22)12-3-1-11(2-4-12)16-6-5-13(28-16)9-26-8-7-15-14(10-26)17(27)25-18(23)24-15/h1-6H,7-10H2,(H3,23,24,25,27). The second kappa shape index (κ2) is 7.06. The molecule has 3 N–H and O–H groups in total. The molecule has 1 aliphatic heterocycles. The molecule has 0 amide bonds. The number of nitrogens with zero attached hydrogens (tertiary/aromatic N) is 2. The SMILES string of the molecule is Nc1nc2c(c(=O)[nH]1)CN(Cc1ccc(-c3ccc(C(F)(F)F)cc3)s1)CC2. The number of H-pyrrole nitrogens is 1. The Bertz CT molecular complexity index is 1060. The number of hydrogen-bond acceptors (Lipinski definition) is 5. The van der Waals surface area contributed by atoms with Gasteiger partial charge in [0.15, 0.2) is 0 Å². The van der Waals surface area contributed by atoms with E-state index in [0.717, 1.165) is 39.7 Å². The Labute approximate surface area is 162 Å². The predicted molar refractivity (Wildman–Crippen MR) is 102 cm³/mol. The fraction of sp³-hybridized carbons (Fsp3) is 0.263. The van der Waals surface area contributed by atoms with Crippen LogP contribution in [0.1, 0.15) is 21.7 Å². The lowest BCUT2D eigenvalue weighted by Crippen LogP contribution is -2.35. The number of anilines is 1. The highest BCUT2D eigenvalue weighted by Gasteiger charge is 2.30. The third-order valence-corrected chi connectivity index (χ3v) is 5.82. The molecule has 5 nitrogen and oxygen atoms in total. The van der Waals surface area contributed by atoms with Crippen LogP contribution < -0.4 is 11.3 Å². The topological polar surface area (TPSA) is 75.0 Å². The maximum Gasteiger partial charge on any atom is 0.416 e. The smallest absolute Gasteiger partial charge is 0.369 e. The number of thiophene rings is 1. The minimum absolute atomic E-state index is 0.136. The molecule has 1 aliphatic rings. The van der Waals surface area contributed by atoms with Crippen molar-refractivity contribution in [3.05, 3.63) is 68.4 Å². The first-order valence-electron chi connectivity index (χ1n) is 8.66. The van der Waals surface area contributed by atoms with Crippen molar-refractivity contribution in [3.8, 4) is 10.4 Å². The second-order valence-corrected chi connectivity index (χ2v) is 7.85. The van der Waals surface area contributed by atoms with Gasteiger partial charge < -0.3 is 5.73 Å². The summed E-state index contributed by atoms with van der Waals surface area (Å²) in [5.74, 6) is 0.136. The molecule has 0 atom stereocenters. The second-order valence-electron chi connectivity index (χ2n) is 6.68. The fourth-order valence-corrected chi connectivity index (χ4v) is 4.35. The van der Waals surface area contributed by atoms with Crippen LogP contribution in [0.5, 0.6) is 0 Å². The number of fused-ring (bicyclic) bond motifs is 1. The van der Waals surface area contributed by atoms with Crippen molar-refractivity contribution >= 4 is 17.3 Å². The number of aromatic amines is 1. The van der Waals surface area contributed by atoms with Crippen LogP contribution in [0.25, 0.3) is 10.4 Å². The monoisotopic (exact) mass is 406 g/mol. The zero-order chi connectivity index (χ0) is 19.9. The number of alkyl halides is 3. The summed E-state index contributed by atoms with van der Waals surface area (Å²) in [6.45, 7) is 1.91. The molecule has 0 aliphatic carbocycles. The lowest BCUT2D eigenvalue weighted by Gasteiger charge is -2.26. The van der Waals surface area contributed by atoms with E-state index in [1.807, 2.05) is 12.1 Å². The van der Waals surface area contributed by atoms with E-state index in [1.165, 1.54) is 23.5 Å². The van der Waals surface area contributed by atoms with Gasteiger partial charge in [-0.2, -0.15) is 13.2 Å². The quantitative estimate of drug-likeness (QED) is 0.696. The van der Waals surface area contributed by atoms with Crippen LogP contribution in [0.3, 0.4) is 0 Å². The average molecular weight is 406 g/mol.